The first kappa shape index (κ1) is 45.8. The lowest BCUT2D eigenvalue weighted by Gasteiger charge is -2.20. The second-order valence-electron chi connectivity index (χ2n) is 21.4. The predicted octanol–water partition coefficient (Wildman–Crippen LogP) is 22.6. The molecular weight excluding hydrogens is 961 g/mol. The molecule has 0 atom stereocenters. The van der Waals surface area contributed by atoms with Gasteiger partial charge < -0.3 is 0 Å². The Labute approximate surface area is 464 Å². The van der Waals surface area contributed by atoms with Gasteiger partial charge in [-0.25, -0.2) is 0 Å². The summed E-state index contributed by atoms with van der Waals surface area (Å²) >= 11 is 0. The molecule has 16 aromatic carbocycles. The Bertz CT molecular complexity index is 5120. The molecule has 16 rings (SSSR count). The number of hydrogen-bond donors (Lipinski definition) is 0. The Balaban J connectivity index is 0.913. The molecule has 0 aliphatic carbocycles. The van der Waals surface area contributed by atoms with E-state index in [9.17, 15) is 0 Å². The van der Waals surface area contributed by atoms with Gasteiger partial charge in [0.2, 0.25) is 0 Å². The second kappa shape index (κ2) is 18.7. The summed E-state index contributed by atoms with van der Waals surface area (Å²) in [4.78, 5) is 0. The molecule has 0 spiro atoms. The van der Waals surface area contributed by atoms with E-state index in [-0.39, 0.29) is 0 Å². The molecule has 0 aliphatic rings. The van der Waals surface area contributed by atoms with Crippen LogP contribution in [0.1, 0.15) is 0 Å². The van der Waals surface area contributed by atoms with Crippen LogP contribution in [-0.2, 0) is 0 Å². The molecule has 0 heteroatoms. The zero-order valence-corrected chi connectivity index (χ0v) is 43.9. The Morgan fingerprint density at radius 3 is 1.10 bits per heavy atom. The normalized spacial score (nSPS) is 11.8. The van der Waals surface area contributed by atoms with Gasteiger partial charge in [0.05, 0.1) is 0 Å². The largest absolute Gasteiger partial charge is 0.0616 e. The minimum Gasteiger partial charge on any atom is -0.0616 e. The summed E-state index contributed by atoms with van der Waals surface area (Å²) in [7, 11) is 0. The molecule has 0 unspecified atom stereocenters. The van der Waals surface area contributed by atoms with Gasteiger partial charge >= 0.3 is 0 Å². The number of rotatable bonds is 7. The van der Waals surface area contributed by atoms with Crippen LogP contribution in [0, 0.1) is 0 Å². The number of hydrogen-bond acceptors (Lipinski definition) is 0. The first-order valence-corrected chi connectivity index (χ1v) is 27.8. The van der Waals surface area contributed by atoms with Gasteiger partial charge in [0.25, 0.3) is 0 Å². The fourth-order valence-corrected chi connectivity index (χ4v) is 13.3. The fraction of sp³-hybridized carbons (Fsp3) is 0. The van der Waals surface area contributed by atoms with Crippen LogP contribution in [0.5, 0.6) is 0 Å². The molecule has 0 amide bonds. The Morgan fingerprint density at radius 1 is 0.125 bits per heavy atom. The highest BCUT2D eigenvalue weighted by Gasteiger charge is 2.22. The van der Waals surface area contributed by atoms with Crippen LogP contribution in [0.2, 0.25) is 0 Å². The van der Waals surface area contributed by atoms with E-state index in [0.29, 0.717) is 0 Å². The van der Waals surface area contributed by atoms with Gasteiger partial charge in [0, 0.05) is 0 Å². The molecule has 0 bridgehead atoms. The summed E-state index contributed by atoms with van der Waals surface area (Å²) in [5, 5.41) is 19.8. The van der Waals surface area contributed by atoms with E-state index < -0.39 is 0 Å². The highest BCUT2D eigenvalue weighted by Crippen LogP contribution is 2.49. The first-order valence-electron chi connectivity index (χ1n) is 27.8. The minimum absolute atomic E-state index is 1.17. The van der Waals surface area contributed by atoms with Crippen LogP contribution in [-0.4, -0.2) is 0 Å². The first-order chi connectivity index (χ1) is 39.7. The maximum atomic E-state index is 2.46. The van der Waals surface area contributed by atoms with E-state index in [1.807, 2.05) is 0 Å². The summed E-state index contributed by atoms with van der Waals surface area (Å²) in [6, 6.07) is 113. The van der Waals surface area contributed by atoms with Crippen molar-refractivity contribution in [3.05, 3.63) is 303 Å². The molecule has 0 aromatic heterocycles. The van der Waals surface area contributed by atoms with Crippen LogP contribution < -0.4 is 0 Å². The van der Waals surface area contributed by atoms with E-state index in [1.165, 1.54) is 164 Å². The van der Waals surface area contributed by atoms with Gasteiger partial charge in [-0.3, -0.25) is 0 Å². The smallest absolute Gasteiger partial charge is 0.00201 e. The molecule has 0 N–H and O–H groups in total. The Morgan fingerprint density at radius 2 is 0.512 bits per heavy atom. The van der Waals surface area contributed by atoms with Crippen molar-refractivity contribution < 1.29 is 0 Å². The minimum atomic E-state index is 1.17. The standard InChI is InChI=1S/C80H50/c1-2-23-55-46-58(42-41-51(55)19-1)79-70-34-11-13-36-72(70)80(73-37-14-12-35-71(73)79)74-44-43-65(66-32-9-10-33-69(66)74)57-28-15-27-56(45-57)59-47-75(67-39-17-25-53-21-4-7-30-62(53)67)78-50-60(64-38-16-24-52-20-3-6-29-61(52)64)49-76(77(78)48-59)68-40-18-26-54-22-5-8-31-63(54)68/h1-50H. The third-order valence-corrected chi connectivity index (χ3v) is 17.0. The van der Waals surface area contributed by atoms with Crippen molar-refractivity contribution >= 4 is 86.2 Å². The third kappa shape index (κ3) is 7.45. The molecule has 0 saturated heterocycles. The molecule has 0 radical (unpaired) electrons. The lowest BCUT2D eigenvalue weighted by molar-refractivity contribution is 1.60. The summed E-state index contributed by atoms with van der Waals surface area (Å²) < 4.78 is 0. The van der Waals surface area contributed by atoms with Crippen LogP contribution in [0.3, 0.4) is 0 Å². The monoisotopic (exact) mass is 1010 g/mol. The Kier molecular flexibility index (Phi) is 10.7. The van der Waals surface area contributed by atoms with Gasteiger partial charge in [-0.2, -0.15) is 0 Å². The van der Waals surface area contributed by atoms with Crippen molar-refractivity contribution in [1.29, 1.82) is 0 Å². The van der Waals surface area contributed by atoms with Gasteiger partial charge in [0.15, 0.2) is 0 Å². The molecular formula is C80H50. The van der Waals surface area contributed by atoms with E-state index in [4.69, 9.17) is 0 Å². The maximum absolute atomic E-state index is 2.46. The van der Waals surface area contributed by atoms with E-state index >= 15 is 0 Å². The van der Waals surface area contributed by atoms with E-state index in [0.717, 1.165) is 0 Å². The second-order valence-corrected chi connectivity index (χ2v) is 21.4. The predicted molar refractivity (Wildman–Crippen MR) is 345 cm³/mol. The lowest BCUT2D eigenvalue weighted by Crippen LogP contribution is -1.93. The van der Waals surface area contributed by atoms with Crippen molar-refractivity contribution in [2.45, 2.75) is 0 Å². The molecule has 0 aliphatic heterocycles. The van der Waals surface area contributed by atoms with Crippen molar-refractivity contribution in [1.82, 2.24) is 0 Å². The maximum Gasteiger partial charge on any atom is -0.00201 e. The fourth-order valence-electron chi connectivity index (χ4n) is 13.3. The third-order valence-electron chi connectivity index (χ3n) is 17.0. The average molecular weight is 1010 g/mol. The quantitative estimate of drug-likeness (QED) is 0.140. The zero-order valence-electron chi connectivity index (χ0n) is 43.9. The topological polar surface area (TPSA) is 0 Å². The van der Waals surface area contributed by atoms with Crippen molar-refractivity contribution in [3.63, 3.8) is 0 Å². The van der Waals surface area contributed by atoms with Crippen LogP contribution in [0.4, 0.5) is 0 Å². The average Bonchev–Trinajstić information content (AvgIpc) is 3.71. The molecule has 16 aromatic rings. The molecule has 0 nitrogen and oxygen atoms in total. The SMILES string of the molecule is c1cc(-c2cc(-c3cccc4ccccc34)c3cc(-c4cccc5ccccc45)cc(-c4cccc5ccccc45)c3c2)cc(-c2ccc(-c3c4ccccc4c(-c4ccc5ccccc5c4)c4ccccc34)c3ccccc23)c1. The van der Waals surface area contributed by atoms with E-state index in [1.54, 1.807) is 0 Å². The summed E-state index contributed by atoms with van der Waals surface area (Å²) in [6.45, 7) is 0. The Hall–Kier alpha value is -10.4. The summed E-state index contributed by atoms with van der Waals surface area (Å²) in [5.74, 6) is 0. The van der Waals surface area contributed by atoms with Crippen LogP contribution in [0.25, 0.3) is 164 Å². The molecule has 370 valence electrons. The summed E-state index contributed by atoms with van der Waals surface area (Å²) in [5.41, 5.74) is 17.0. The van der Waals surface area contributed by atoms with Gasteiger partial charge in [-0.05, 0) is 200 Å². The van der Waals surface area contributed by atoms with E-state index in [2.05, 4.69) is 303 Å². The number of benzene rings is 16. The van der Waals surface area contributed by atoms with Gasteiger partial charge in [-0.1, -0.05) is 267 Å². The lowest BCUT2D eigenvalue weighted by atomic mass is 9.83. The van der Waals surface area contributed by atoms with Gasteiger partial charge in [0.1, 0.15) is 0 Å². The van der Waals surface area contributed by atoms with Gasteiger partial charge in [-0.15, -0.1) is 0 Å². The summed E-state index contributed by atoms with van der Waals surface area (Å²) in [6.07, 6.45) is 0. The van der Waals surface area contributed by atoms with Crippen molar-refractivity contribution in [2.75, 3.05) is 0 Å². The van der Waals surface area contributed by atoms with Crippen molar-refractivity contribution in [2.24, 2.45) is 0 Å². The van der Waals surface area contributed by atoms with Crippen LogP contribution >= 0.6 is 0 Å². The molecule has 80 heavy (non-hydrogen) atoms. The van der Waals surface area contributed by atoms with Crippen molar-refractivity contribution in [3.8, 4) is 77.9 Å². The molecule has 0 saturated carbocycles. The number of fused-ring (bicyclic) bond motifs is 8. The van der Waals surface area contributed by atoms with Crippen LogP contribution in [0.15, 0.2) is 303 Å². The molecule has 0 heterocycles. The highest BCUT2D eigenvalue weighted by molar-refractivity contribution is 6.25. The molecule has 0 fully saturated rings. The highest BCUT2D eigenvalue weighted by atomic mass is 14.2. The zero-order chi connectivity index (χ0) is 52.7.